The van der Waals surface area contributed by atoms with Gasteiger partial charge in [-0.15, -0.1) is 0 Å². The molecule has 3 aromatic carbocycles. The number of aromatic hydroxyl groups is 1. The number of anilines is 2. The molecule has 0 bridgehead atoms. The van der Waals surface area contributed by atoms with E-state index in [4.69, 9.17) is 10.7 Å². The SMILES string of the molecule is CCCC(=O)Nc1cc(C(=N)C(=O)Nc2ccc(C#N)cc2C(=O)O)c(O)cc1-c1ccccc1C(F)(F)F. The number of benzene rings is 3. The maximum absolute atomic E-state index is 13.7. The van der Waals surface area contributed by atoms with Crippen molar-refractivity contribution in [3.63, 3.8) is 0 Å². The predicted molar refractivity (Wildman–Crippen MR) is 136 cm³/mol. The molecule has 0 aromatic heterocycles. The number of carboxylic acid groups (broad SMARTS) is 1. The van der Waals surface area contributed by atoms with Gasteiger partial charge in [0.15, 0.2) is 0 Å². The molecule has 39 heavy (non-hydrogen) atoms. The molecule has 0 radical (unpaired) electrons. The first-order chi connectivity index (χ1) is 18.4. The second-order valence-electron chi connectivity index (χ2n) is 8.26. The molecule has 0 aliphatic rings. The highest BCUT2D eigenvalue weighted by Gasteiger charge is 2.34. The van der Waals surface area contributed by atoms with Crippen LogP contribution in [0.15, 0.2) is 54.6 Å². The van der Waals surface area contributed by atoms with Crippen LogP contribution in [0, 0.1) is 16.7 Å². The Morgan fingerprint density at radius 1 is 0.974 bits per heavy atom. The highest BCUT2D eigenvalue weighted by Crippen LogP contribution is 2.42. The minimum absolute atomic E-state index is 0.0142. The van der Waals surface area contributed by atoms with Crippen molar-refractivity contribution >= 4 is 34.9 Å². The average Bonchev–Trinajstić information content (AvgIpc) is 2.88. The molecule has 0 heterocycles. The van der Waals surface area contributed by atoms with Crippen molar-refractivity contribution in [3.8, 4) is 22.9 Å². The van der Waals surface area contributed by atoms with Crippen LogP contribution in [0.5, 0.6) is 5.75 Å². The van der Waals surface area contributed by atoms with Gasteiger partial charge in [0.2, 0.25) is 5.91 Å². The number of hydrogen-bond donors (Lipinski definition) is 5. The molecule has 12 heteroatoms. The molecule has 0 aliphatic carbocycles. The van der Waals surface area contributed by atoms with E-state index >= 15 is 0 Å². The lowest BCUT2D eigenvalue weighted by Gasteiger charge is -2.19. The van der Waals surface area contributed by atoms with E-state index in [2.05, 4.69) is 10.6 Å². The Labute approximate surface area is 220 Å². The molecule has 9 nitrogen and oxygen atoms in total. The van der Waals surface area contributed by atoms with Crippen LogP contribution in [0.4, 0.5) is 24.5 Å². The second-order valence-corrected chi connectivity index (χ2v) is 8.26. The Morgan fingerprint density at radius 3 is 2.28 bits per heavy atom. The van der Waals surface area contributed by atoms with E-state index in [9.17, 15) is 37.8 Å². The van der Waals surface area contributed by atoms with Gasteiger partial charge in [-0.25, -0.2) is 4.79 Å². The highest BCUT2D eigenvalue weighted by atomic mass is 19.4. The highest BCUT2D eigenvalue weighted by molar-refractivity contribution is 6.48. The lowest BCUT2D eigenvalue weighted by atomic mass is 9.94. The van der Waals surface area contributed by atoms with Gasteiger partial charge < -0.3 is 20.8 Å². The fourth-order valence-electron chi connectivity index (χ4n) is 3.73. The molecule has 0 atom stereocenters. The average molecular weight is 538 g/mol. The number of amides is 2. The van der Waals surface area contributed by atoms with Gasteiger partial charge in [-0.3, -0.25) is 15.0 Å². The van der Waals surface area contributed by atoms with Gasteiger partial charge in [0, 0.05) is 23.2 Å². The maximum Gasteiger partial charge on any atom is 0.417 e. The third-order valence-electron chi connectivity index (χ3n) is 5.53. The number of carboxylic acids is 1. The zero-order chi connectivity index (χ0) is 28.9. The first kappa shape index (κ1) is 28.4. The van der Waals surface area contributed by atoms with Gasteiger partial charge in [-0.05, 0) is 48.4 Å². The zero-order valence-electron chi connectivity index (χ0n) is 20.3. The number of aromatic carboxylic acids is 1. The van der Waals surface area contributed by atoms with E-state index in [1.54, 1.807) is 13.0 Å². The third kappa shape index (κ3) is 6.40. The zero-order valence-corrected chi connectivity index (χ0v) is 20.3. The molecule has 3 aromatic rings. The van der Waals surface area contributed by atoms with Crippen LogP contribution in [0.2, 0.25) is 0 Å². The number of alkyl halides is 3. The molecule has 2 amide bonds. The lowest BCUT2D eigenvalue weighted by molar-refractivity contribution is -0.137. The molecule has 0 fully saturated rings. The molecule has 3 rings (SSSR count). The predicted octanol–water partition coefficient (Wildman–Crippen LogP) is 5.39. The lowest BCUT2D eigenvalue weighted by Crippen LogP contribution is -2.24. The Hall–Kier alpha value is -5.18. The van der Waals surface area contributed by atoms with Crippen LogP contribution >= 0.6 is 0 Å². The number of halogens is 3. The maximum atomic E-state index is 13.7. The Bertz CT molecular complexity index is 1530. The summed E-state index contributed by atoms with van der Waals surface area (Å²) in [7, 11) is 0. The number of hydrogen-bond acceptors (Lipinski definition) is 6. The molecule has 5 N–H and O–H groups in total. The van der Waals surface area contributed by atoms with Gasteiger partial charge in [0.05, 0.1) is 28.4 Å². The van der Waals surface area contributed by atoms with E-state index in [-0.39, 0.29) is 34.5 Å². The van der Waals surface area contributed by atoms with Gasteiger partial charge >= 0.3 is 12.1 Å². The fourth-order valence-corrected chi connectivity index (χ4v) is 3.73. The van der Waals surface area contributed by atoms with Crippen molar-refractivity contribution < 1.29 is 37.8 Å². The van der Waals surface area contributed by atoms with Crippen molar-refractivity contribution in [2.75, 3.05) is 10.6 Å². The van der Waals surface area contributed by atoms with Crippen molar-refractivity contribution in [1.82, 2.24) is 0 Å². The Balaban J connectivity index is 2.09. The van der Waals surface area contributed by atoms with Crippen molar-refractivity contribution in [2.24, 2.45) is 0 Å². The second kappa shape index (κ2) is 11.5. The number of phenolic OH excluding ortho intramolecular Hbond substituents is 1. The topological polar surface area (TPSA) is 163 Å². The standard InChI is InChI=1S/C27H21F3N4O5/c1-2-5-23(36)33-21-11-18(22(35)12-16(21)15-6-3-4-7-19(15)27(28,29)30)24(32)25(37)34-20-9-8-14(13-31)10-17(20)26(38)39/h3-4,6-12,32,35H,2,5H2,1H3,(H,33,36)(H,34,37)(H,38,39). The summed E-state index contributed by atoms with van der Waals surface area (Å²) in [5, 5.41) is 42.1. The first-order valence-electron chi connectivity index (χ1n) is 11.4. The van der Waals surface area contributed by atoms with Crippen LogP contribution in [-0.4, -0.2) is 33.7 Å². The fraction of sp³-hybridized carbons (Fsp3) is 0.148. The first-order valence-corrected chi connectivity index (χ1v) is 11.4. The summed E-state index contributed by atoms with van der Waals surface area (Å²) >= 11 is 0. The third-order valence-corrected chi connectivity index (χ3v) is 5.53. The van der Waals surface area contributed by atoms with E-state index in [1.165, 1.54) is 18.2 Å². The van der Waals surface area contributed by atoms with E-state index < -0.39 is 52.1 Å². The summed E-state index contributed by atoms with van der Waals surface area (Å²) < 4.78 is 41.1. The van der Waals surface area contributed by atoms with Crippen molar-refractivity contribution in [1.29, 1.82) is 10.7 Å². The molecular formula is C27H21F3N4O5. The number of nitriles is 1. The summed E-state index contributed by atoms with van der Waals surface area (Å²) in [6.45, 7) is 1.72. The van der Waals surface area contributed by atoms with Crippen LogP contribution in [0.1, 0.15) is 46.8 Å². The number of carbonyl (C=O) groups excluding carboxylic acids is 2. The van der Waals surface area contributed by atoms with Crippen LogP contribution in [-0.2, 0) is 15.8 Å². The van der Waals surface area contributed by atoms with Crippen molar-refractivity contribution in [3.05, 3.63) is 76.9 Å². The summed E-state index contributed by atoms with van der Waals surface area (Å²) in [5.41, 5.74) is -3.69. The number of rotatable bonds is 8. The largest absolute Gasteiger partial charge is 0.507 e. The van der Waals surface area contributed by atoms with Crippen LogP contribution in [0.3, 0.4) is 0 Å². The number of nitrogens with zero attached hydrogens (tertiary/aromatic N) is 1. The molecule has 0 saturated heterocycles. The molecule has 0 saturated carbocycles. The summed E-state index contributed by atoms with van der Waals surface area (Å²) in [5.74, 6) is -3.88. The van der Waals surface area contributed by atoms with Crippen LogP contribution in [0.25, 0.3) is 11.1 Å². The number of phenols is 1. The smallest absolute Gasteiger partial charge is 0.417 e. The van der Waals surface area contributed by atoms with E-state index in [1.807, 2.05) is 0 Å². The normalized spacial score (nSPS) is 10.8. The molecule has 0 spiro atoms. The van der Waals surface area contributed by atoms with Gasteiger partial charge in [-0.1, -0.05) is 25.1 Å². The minimum atomic E-state index is -4.76. The molecule has 0 unspecified atom stereocenters. The number of nitrogens with one attached hydrogen (secondary N) is 3. The van der Waals surface area contributed by atoms with Gasteiger partial charge in [-0.2, -0.15) is 18.4 Å². The van der Waals surface area contributed by atoms with E-state index in [0.717, 1.165) is 36.4 Å². The summed E-state index contributed by atoms with van der Waals surface area (Å²) in [4.78, 5) is 36.8. The Kier molecular flexibility index (Phi) is 8.35. The molecular weight excluding hydrogens is 517 g/mol. The minimum Gasteiger partial charge on any atom is -0.507 e. The quantitative estimate of drug-likeness (QED) is 0.191. The number of carbonyl (C=O) groups is 3. The summed E-state index contributed by atoms with van der Waals surface area (Å²) in [6.07, 6.45) is -4.30. The van der Waals surface area contributed by atoms with Gasteiger partial charge in [0.1, 0.15) is 11.5 Å². The van der Waals surface area contributed by atoms with Gasteiger partial charge in [0.25, 0.3) is 5.91 Å². The van der Waals surface area contributed by atoms with E-state index in [0.29, 0.717) is 6.42 Å². The molecule has 200 valence electrons. The van der Waals surface area contributed by atoms with Crippen LogP contribution < -0.4 is 10.6 Å². The van der Waals surface area contributed by atoms with Crippen molar-refractivity contribution in [2.45, 2.75) is 25.9 Å². The molecule has 0 aliphatic heterocycles. The monoisotopic (exact) mass is 538 g/mol. The summed E-state index contributed by atoms with van der Waals surface area (Å²) in [6, 6.07) is 11.6. The Morgan fingerprint density at radius 2 is 1.67 bits per heavy atom.